The number of nitrogens with zero attached hydrogens (tertiary/aromatic N) is 4. The van der Waals surface area contributed by atoms with E-state index in [0.29, 0.717) is 5.82 Å². The average molecular weight is 765 g/mol. The van der Waals surface area contributed by atoms with Gasteiger partial charge in [0.05, 0.1) is 39.1 Å². The van der Waals surface area contributed by atoms with Crippen molar-refractivity contribution in [1.82, 2.24) is 19.1 Å². The predicted octanol–water partition coefficient (Wildman–Crippen LogP) is 14.5. The van der Waals surface area contributed by atoms with Gasteiger partial charge in [0.25, 0.3) is 0 Å². The van der Waals surface area contributed by atoms with Crippen LogP contribution >= 0.6 is 0 Å². The Balaban J connectivity index is 0.984. The Morgan fingerprint density at radius 3 is 1.55 bits per heavy atom. The predicted molar refractivity (Wildman–Crippen MR) is 250 cm³/mol. The van der Waals surface area contributed by atoms with Gasteiger partial charge in [-0.2, -0.15) is 0 Å². The quantitative estimate of drug-likeness (QED) is 0.169. The van der Waals surface area contributed by atoms with E-state index in [9.17, 15) is 0 Å². The Bertz CT molecular complexity index is 3520. The van der Waals surface area contributed by atoms with E-state index in [0.717, 1.165) is 33.8 Å². The third-order valence-corrected chi connectivity index (χ3v) is 11.9. The number of aromatic nitrogens is 4. The maximum absolute atomic E-state index is 5.09. The van der Waals surface area contributed by atoms with Crippen LogP contribution in [0, 0.1) is 0 Å². The van der Waals surface area contributed by atoms with Crippen molar-refractivity contribution in [3.8, 4) is 56.4 Å². The van der Waals surface area contributed by atoms with Gasteiger partial charge in [-0.15, -0.1) is 0 Å². The first-order valence-electron chi connectivity index (χ1n) is 20.4. The van der Waals surface area contributed by atoms with Crippen LogP contribution in [0.15, 0.2) is 218 Å². The fourth-order valence-corrected chi connectivity index (χ4v) is 9.09. The van der Waals surface area contributed by atoms with E-state index in [4.69, 9.17) is 9.97 Å². The molecule has 3 aromatic heterocycles. The highest BCUT2D eigenvalue weighted by molar-refractivity contribution is 6.13. The Kier molecular flexibility index (Phi) is 7.82. The van der Waals surface area contributed by atoms with Crippen LogP contribution in [0.2, 0.25) is 0 Å². The maximum Gasteiger partial charge on any atom is 0.160 e. The van der Waals surface area contributed by atoms with Gasteiger partial charge in [-0.25, -0.2) is 9.97 Å². The van der Waals surface area contributed by atoms with Crippen molar-refractivity contribution in [1.29, 1.82) is 0 Å². The molecule has 0 saturated heterocycles. The summed E-state index contributed by atoms with van der Waals surface area (Å²) in [6.07, 6.45) is 0. The lowest BCUT2D eigenvalue weighted by Crippen LogP contribution is -1.97. The molecule has 0 fully saturated rings. The van der Waals surface area contributed by atoms with Crippen LogP contribution in [-0.2, 0) is 0 Å². The highest BCUT2D eigenvalue weighted by atomic mass is 15.0. The van der Waals surface area contributed by atoms with E-state index in [1.807, 2.05) is 24.3 Å². The molecule has 0 spiro atoms. The molecule has 0 aliphatic rings. The summed E-state index contributed by atoms with van der Waals surface area (Å²) in [4.78, 5) is 10.1. The molecule has 12 rings (SSSR count). The number of fused-ring (bicyclic) bond motifs is 7. The molecular weight excluding hydrogens is 729 g/mol. The van der Waals surface area contributed by atoms with Crippen molar-refractivity contribution in [2.75, 3.05) is 0 Å². The van der Waals surface area contributed by atoms with Gasteiger partial charge in [-0.1, -0.05) is 164 Å². The first-order valence-corrected chi connectivity index (χ1v) is 20.4. The zero-order valence-corrected chi connectivity index (χ0v) is 32.6. The van der Waals surface area contributed by atoms with E-state index in [1.165, 1.54) is 71.2 Å². The van der Waals surface area contributed by atoms with E-state index in [-0.39, 0.29) is 0 Å². The van der Waals surface area contributed by atoms with Crippen LogP contribution in [0.25, 0.3) is 111 Å². The molecule has 0 atom stereocenters. The molecule has 0 bridgehead atoms. The van der Waals surface area contributed by atoms with Crippen molar-refractivity contribution >= 4 is 54.4 Å². The highest BCUT2D eigenvalue weighted by Crippen LogP contribution is 2.39. The number of hydrogen-bond acceptors (Lipinski definition) is 2. The Hall–Kier alpha value is -8.08. The first kappa shape index (κ1) is 34.0. The molecule has 9 aromatic carbocycles. The number of rotatable bonds is 6. The van der Waals surface area contributed by atoms with Gasteiger partial charge in [-0.3, -0.25) is 0 Å². The summed E-state index contributed by atoms with van der Waals surface area (Å²) >= 11 is 0. The first-order chi connectivity index (χ1) is 29.7. The van der Waals surface area contributed by atoms with Crippen molar-refractivity contribution in [3.05, 3.63) is 218 Å². The molecular formula is C56H36N4. The summed E-state index contributed by atoms with van der Waals surface area (Å²) in [5.41, 5.74) is 14.3. The van der Waals surface area contributed by atoms with Crippen LogP contribution < -0.4 is 0 Å². The Labute approximate surface area is 346 Å². The van der Waals surface area contributed by atoms with Gasteiger partial charge in [-0.05, 0) is 71.1 Å². The molecule has 0 radical (unpaired) electrons. The molecule has 0 aliphatic heterocycles. The third-order valence-electron chi connectivity index (χ3n) is 11.9. The van der Waals surface area contributed by atoms with Crippen LogP contribution in [0.4, 0.5) is 0 Å². The smallest absolute Gasteiger partial charge is 0.160 e. The van der Waals surface area contributed by atoms with Crippen LogP contribution in [0.5, 0.6) is 0 Å². The van der Waals surface area contributed by atoms with Gasteiger partial charge in [0.15, 0.2) is 5.82 Å². The minimum absolute atomic E-state index is 0.710. The largest absolute Gasteiger partial charge is 0.309 e. The normalized spacial score (nSPS) is 11.7. The fourth-order valence-electron chi connectivity index (χ4n) is 9.09. The second-order valence-corrected chi connectivity index (χ2v) is 15.4. The molecule has 0 aliphatic carbocycles. The summed E-state index contributed by atoms with van der Waals surface area (Å²) < 4.78 is 4.82. The monoisotopic (exact) mass is 764 g/mol. The zero-order valence-electron chi connectivity index (χ0n) is 32.6. The molecule has 4 heteroatoms. The standard InChI is InChI=1S/C56H36N4/c1-3-15-38(16-4-1)49-36-50(58-56(57-49)40-17-5-2-6-18-40)39-26-30-43(31-27-39)59-52-23-11-9-21-45(52)47-32-28-42(35-55(47)59)41-29-33-54-48(34-41)46-22-10-12-24-53(46)60(54)51-25-13-19-37-14-7-8-20-44(37)51/h1-36H. The van der Waals surface area contributed by atoms with Gasteiger partial charge in [0, 0.05) is 49.3 Å². The lowest BCUT2D eigenvalue weighted by atomic mass is 10.0. The molecule has 0 unspecified atom stereocenters. The second-order valence-electron chi connectivity index (χ2n) is 15.4. The molecule has 280 valence electrons. The Morgan fingerprint density at radius 2 is 0.800 bits per heavy atom. The second kappa shape index (κ2) is 13.8. The summed E-state index contributed by atoms with van der Waals surface area (Å²) in [6.45, 7) is 0. The molecule has 3 heterocycles. The van der Waals surface area contributed by atoms with Gasteiger partial charge >= 0.3 is 0 Å². The van der Waals surface area contributed by atoms with Crippen molar-refractivity contribution in [2.24, 2.45) is 0 Å². The topological polar surface area (TPSA) is 35.6 Å². The van der Waals surface area contributed by atoms with Gasteiger partial charge in [0.1, 0.15) is 0 Å². The zero-order chi connectivity index (χ0) is 39.6. The number of hydrogen-bond donors (Lipinski definition) is 0. The minimum atomic E-state index is 0.710. The lowest BCUT2D eigenvalue weighted by molar-refractivity contribution is 1.17. The summed E-state index contributed by atoms with van der Waals surface area (Å²) in [7, 11) is 0. The van der Waals surface area contributed by atoms with Crippen LogP contribution in [0.3, 0.4) is 0 Å². The van der Waals surface area contributed by atoms with E-state index < -0.39 is 0 Å². The van der Waals surface area contributed by atoms with Crippen LogP contribution in [-0.4, -0.2) is 19.1 Å². The van der Waals surface area contributed by atoms with Gasteiger partial charge in [0.2, 0.25) is 0 Å². The van der Waals surface area contributed by atoms with Crippen LogP contribution in [0.1, 0.15) is 0 Å². The molecule has 0 saturated carbocycles. The summed E-state index contributed by atoms with van der Waals surface area (Å²) in [5.74, 6) is 0.710. The Morgan fingerprint density at radius 1 is 0.283 bits per heavy atom. The minimum Gasteiger partial charge on any atom is -0.309 e. The highest BCUT2D eigenvalue weighted by Gasteiger charge is 2.18. The molecule has 4 nitrogen and oxygen atoms in total. The fraction of sp³-hybridized carbons (Fsp3) is 0. The lowest BCUT2D eigenvalue weighted by Gasteiger charge is -2.12. The molecule has 0 N–H and O–H groups in total. The molecule has 12 aromatic rings. The third kappa shape index (κ3) is 5.53. The van der Waals surface area contributed by atoms with Crippen molar-refractivity contribution in [2.45, 2.75) is 0 Å². The average Bonchev–Trinajstić information content (AvgIpc) is 3.84. The number of para-hydroxylation sites is 2. The molecule has 0 amide bonds. The summed E-state index contributed by atoms with van der Waals surface area (Å²) in [5, 5.41) is 7.41. The van der Waals surface area contributed by atoms with E-state index in [2.05, 4.69) is 203 Å². The van der Waals surface area contributed by atoms with E-state index in [1.54, 1.807) is 0 Å². The van der Waals surface area contributed by atoms with Crippen molar-refractivity contribution < 1.29 is 0 Å². The van der Waals surface area contributed by atoms with Gasteiger partial charge < -0.3 is 9.13 Å². The summed E-state index contributed by atoms with van der Waals surface area (Å²) in [6, 6.07) is 78.0. The van der Waals surface area contributed by atoms with E-state index >= 15 is 0 Å². The maximum atomic E-state index is 5.09. The number of benzene rings is 9. The van der Waals surface area contributed by atoms with Crippen molar-refractivity contribution in [3.63, 3.8) is 0 Å². The molecule has 60 heavy (non-hydrogen) atoms. The SMILES string of the molecule is c1ccc(-c2cc(-c3ccc(-n4c5ccccc5c5ccc(-c6ccc7c(c6)c6ccccc6n7-c6cccc7ccccc67)cc54)cc3)nc(-c3ccccc3)n2)cc1.